The number of non-ortho nitro benzene ring substituents is 1. The summed E-state index contributed by atoms with van der Waals surface area (Å²) in [7, 11) is 0. The van der Waals surface area contributed by atoms with Crippen molar-refractivity contribution in [1.29, 1.82) is 0 Å². The van der Waals surface area contributed by atoms with Crippen molar-refractivity contribution in [3.8, 4) is 11.4 Å². The highest BCUT2D eigenvalue weighted by molar-refractivity contribution is 5.77. The lowest BCUT2D eigenvalue weighted by molar-refractivity contribution is -0.384. The van der Waals surface area contributed by atoms with Crippen molar-refractivity contribution < 1.29 is 9.72 Å². The highest BCUT2D eigenvalue weighted by atomic mass is 16.6. The summed E-state index contributed by atoms with van der Waals surface area (Å²) in [6.07, 6.45) is 3.37. The smallest absolute Gasteiger partial charge is 0.270 e. The lowest BCUT2D eigenvalue weighted by Gasteiger charge is -1.99. The van der Waals surface area contributed by atoms with Crippen LogP contribution in [-0.2, 0) is 11.3 Å². The number of nitrogens with zero attached hydrogens (tertiary/aromatic N) is 4. The van der Waals surface area contributed by atoms with Gasteiger partial charge in [0.15, 0.2) is 5.82 Å². The number of ketones is 1. The molecule has 0 radical (unpaired) electrons. The molecule has 0 amide bonds. The number of benzene rings is 1. The van der Waals surface area contributed by atoms with Crippen LogP contribution >= 0.6 is 0 Å². The van der Waals surface area contributed by atoms with Crippen molar-refractivity contribution in [1.82, 2.24) is 14.8 Å². The molecule has 0 saturated carbocycles. The van der Waals surface area contributed by atoms with Gasteiger partial charge in [-0.2, -0.15) is 5.10 Å². The fourth-order valence-corrected chi connectivity index (χ4v) is 1.91. The van der Waals surface area contributed by atoms with E-state index in [1.165, 1.54) is 12.1 Å². The number of hydrogen-bond donors (Lipinski definition) is 0. The third-order valence-electron chi connectivity index (χ3n) is 3.09. The first kappa shape index (κ1) is 14.8. The molecule has 1 aromatic carbocycles. The number of hydrogen-bond acceptors (Lipinski definition) is 5. The molecular formula is C14H16N4O3. The molecule has 2 rings (SSSR count). The second-order valence-electron chi connectivity index (χ2n) is 4.63. The minimum atomic E-state index is -0.448. The molecule has 0 bridgehead atoms. The van der Waals surface area contributed by atoms with E-state index in [2.05, 4.69) is 10.1 Å². The van der Waals surface area contributed by atoms with E-state index in [1.807, 2.05) is 6.92 Å². The maximum atomic E-state index is 11.2. The van der Waals surface area contributed by atoms with Gasteiger partial charge in [0.2, 0.25) is 0 Å². The molecule has 0 unspecified atom stereocenters. The van der Waals surface area contributed by atoms with Crippen LogP contribution in [0.2, 0.25) is 0 Å². The summed E-state index contributed by atoms with van der Waals surface area (Å²) < 4.78 is 1.65. The Morgan fingerprint density at radius 3 is 2.95 bits per heavy atom. The number of carbonyl (C=O) groups excluding carboxylic acids is 1. The van der Waals surface area contributed by atoms with Crippen LogP contribution < -0.4 is 0 Å². The molecule has 0 aliphatic carbocycles. The Balaban J connectivity index is 2.04. The highest BCUT2D eigenvalue weighted by Gasteiger charge is 2.10. The molecule has 0 saturated heterocycles. The van der Waals surface area contributed by atoms with Crippen molar-refractivity contribution in [2.75, 3.05) is 0 Å². The second kappa shape index (κ2) is 6.74. The standard InChI is InChI=1S/C14H16N4O3/c1-2-13(19)7-4-8-17-10-15-14(16-17)11-5-3-6-12(9-11)18(20)21/h3,5-6,9-10H,2,4,7-8H2,1H3. The van der Waals surface area contributed by atoms with Crippen molar-refractivity contribution in [3.05, 3.63) is 40.7 Å². The normalized spacial score (nSPS) is 10.5. The van der Waals surface area contributed by atoms with Crippen molar-refractivity contribution >= 4 is 11.5 Å². The Labute approximate surface area is 121 Å². The predicted molar refractivity (Wildman–Crippen MR) is 76.6 cm³/mol. The van der Waals surface area contributed by atoms with Crippen molar-refractivity contribution in [3.63, 3.8) is 0 Å². The average molecular weight is 288 g/mol. The Bertz CT molecular complexity index is 651. The summed E-state index contributed by atoms with van der Waals surface area (Å²) in [5.41, 5.74) is 0.616. The number of aryl methyl sites for hydroxylation is 1. The molecule has 2 aromatic rings. The Hall–Kier alpha value is -2.57. The van der Waals surface area contributed by atoms with Gasteiger partial charge in [0, 0.05) is 37.1 Å². The molecule has 110 valence electrons. The van der Waals surface area contributed by atoms with E-state index in [0.29, 0.717) is 37.2 Å². The summed E-state index contributed by atoms with van der Waals surface area (Å²) in [5, 5.41) is 15.0. The van der Waals surface area contributed by atoms with E-state index >= 15 is 0 Å². The van der Waals surface area contributed by atoms with Gasteiger partial charge < -0.3 is 0 Å². The van der Waals surface area contributed by atoms with E-state index in [0.717, 1.165) is 0 Å². The van der Waals surface area contributed by atoms with Gasteiger partial charge in [-0.15, -0.1) is 0 Å². The monoisotopic (exact) mass is 288 g/mol. The predicted octanol–water partition coefficient (Wildman–Crippen LogP) is 2.61. The fourth-order valence-electron chi connectivity index (χ4n) is 1.91. The molecule has 0 atom stereocenters. The fraction of sp³-hybridized carbons (Fsp3) is 0.357. The van der Waals surface area contributed by atoms with Gasteiger partial charge in [-0.25, -0.2) is 4.98 Å². The molecule has 0 aliphatic rings. The Kier molecular flexibility index (Phi) is 4.76. The Morgan fingerprint density at radius 1 is 1.43 bits per heavy atom. The van der Waals surface area contributed by atoms with Crippen molar-refractivity contribution in [2.24, 2.45) is 0 Å². The van der Waals surface area contributed by atoms with Gasteiger partial charge in [0.1, 0.15) is 12.1 Å². The number of Topliss-reactive ketones (excluding diaryl/α,β-unsaturated/α-hetero) is 1. The van der Waals surface area contributed by atoms with E-state index in [9.17, 15) is 14.9 Å². The van der Waals surface area contributed by atoms with E-state index in [1.54, 1.807) is 23.1 Å². The third-order valence-corrected chi connectivity index (χ3v) is 3.09. The number of carbonyl (C=O) groups is 1. The molecule has 0 N–H and O–H groups in total. The van der Waals surface area contributed by atoms with Crippen LogP contribution in [0, 0.1) is 10.1 Å². The molecule has 0 spiro atoms. The summed E-state index contributed by atoms with van der Waals surface area (Å²) in [4.78, 5) is 25.7. The summed E-state index contributed by atoms with van der Waals surface area (Å²) >= 11 is 0. The van der Waals surface area contributed by atoms with E-state index in [-0.39, 0.29) is 11.5 Å². The van der Waals surface area contributed by atoms with Gasteiger partial charge in [-0.1, -0.05) is 19.1 Å². The first-order chi connectivity index (χ1) is 10.1. The topological polar surface area (TPSA) is 90.9 Å². The minimum absolute atomic E-state index is 0.0115. The quantitative estimate of drug-likeness (QED) is 0.577. The number of aromatic nitrogens is 3. The summed E-state index contributed by atoms with van der Waals surface area (Å²) in [5.74, 6) is 0.676. The number of nitro groups is 1. The molecule has 0 aliphatic heterocycles. The van der Waals surface area contributed by atoms with Crippen LogP contribution in [0.25, 0.3) is 11.4 Å². The van der Waals surface area contributed by atoms with Crippen LogP contribution in [0.5, 0.6) is 0 Å². The maximum Gasteiger partial charge on any atom is 0.270 e. The first-order valence-electron chi connectivity index (χ1n) is 6.76. The minimum Gasteiger partial charge on any atom is -0.300 e. The summed E-state index contributed by atoms with van der Waals surface area (Å²) in [6.45, 7) is 2.45. The number of nitro benzene ring substituents is 1. The van der Waals surface area contributed by atoms with Crippen LogP contribution in [0.3, 0.4) is 0 Å². The molecule has 7 heteroatoms. The van der Waals surface area contributed by atoms with Gasteiger partial charge in [-0.3, -0.25) is 19.6 Å². The molecule has 1 heterocycles. The van der Waals surface area contributed by atoms with Crippen LogP contribution in [-0.4, -0.2) is 25.5 Å². The molecule has 21 heavy (non-hydrogen) atoms. The summed E-state index contributed by atoms with van der Waals surface area (Å²) in [6, 6.07) is 6.21. The Morgan fingerprint density at radius 2 is 2.24 bits per heavy atom. The molecule has 1 aromatic heterocycles. The van der Waals surface area contributed by atoms with Gasteiger partial charge in [0.05, 0.1) is 4.92 Å². The van der Waals surface area contributed by atoms with Gasteiger partial charge in [0.25, 0.3) is 5.69 Å². The van der Waals surface area contributed by atoms with Gasteiger partial charge in [-0.05, 0) is 6.42 Å². The third kappa shape index (κ3) is 3.95. The zero-order valence-electron chi connectivity index (χ0n) is 11.7. The number of rotatable bonds is 7. The van der Waals surface area contributed by atoms with Crippen LogP contribution in [0.15, 0.2) is 30.6 Å². The molecular weight excluding hydrogens is 272 g/mol. The second-order valence-corrected chi connectivity index (χ2v) is 4.63. The first-order valence-corrected chi connectivity index (χ1v) is 6.76. The van der Waals surface area contributed by atoms with E-state index < -0.39 is 4.92 Å². The molecule has 7 nitrogen and oxygen atoms in total. The lowest BCUT2D eigenvalue weighted by atomic mass is 10.2. The average Bonchev–Trinajstić information content (AvgIpc) is 2.96. The van der Waals surface area contributed by atoms with Crippen LogP contribution in [0.1, 0.15) is 26.2 Å². The maximum absolute atomic E-state index is 11.2. The lowest BCUT2D eigenvalue weighted by Crippen LogP contribution is -2.02. The zero-order chi connectivity index (χ0) is 15.2. The highest BCUT2D eigenvalue weighted by Crippen LogP contribution is 2.20. The SMILES string of the molecule is CCC(=O)CCCn1cnc(-c2cccc([N+](=O)[O-])c2)n1. The van der Waals surface area contributed by atoms with Gasteiger partial charge >= 0.3 is 0 Å². The van der Waals surface area contributed by atoms with E-state index in [4.69, 9.17) is 0 Å². The molecule has 0 fully saturated rings. The van der Waals surface area contributed by atoms with Crippen molar-refractivity contribution in [2.45, 2.75) is 32.7 Å². The van der Waals surface area contributed by atoms with Crippen LogP contribution in [0.4, 0.5) is 5.69 Å². The largest absolute Gasteiger partial charge is 0.300 e. The zero-order valence-corrected chi connectivity index (χ0v) is 11.7.